The predicted molar refractivity (Wildman–Crippen MR) is 106 cm³/mol. The van der Waals surface area contributed by atoms with E-state index in [4.69, 9.17) is 13.6 Å². The van der Waals surface area contributed by atoms with Crippen LogP contribution in [0.3, 0.4) is 0 Å². The number of carbonyl (C=O) groups excluding carboxylic acids is 2. The van der Waals surface area contributed by atoms with Crippen LogP contribution in [0.1, 0.15) is 34.8 Å². The minimum Gasteiger partial charge on any atom is -0.449 e. The molecule has 1 amide bonds. The second-order valence-electron chi connectivity index (χ2n) is 6.81. The number of rotatable bonds is 4. The number of furan rings is 1. The molecule has 2 aromatic heterocycles. The van der Waals surface area contributed by atoms with Gasteiger partial charge in [-0.2, -0.15) is 0 Å². The smallest absolute Gasteiger partial charge is 0.379 e. The van der Waals surface area contributed by atoms with E-state index < -0.39 is 17.5 Å². The molecule has 0 aliphatic heterocycles. The van der Waals surface area contributed by atoms with Gasteiger partial charge >= 0.3 is 11.6 Å². The fraction of sp³-hybridized carbons (Fsp3) is 0.136. The summed E-state index contributed by atoms with van der Waals surface area (Å²) in [7, 11) is 0. The highest BCUT2D eigenvalue weighted by atomic mass is 16.5. The molecule has 0 radical (unpaired) electrons. The first-order valence-electron chi connectivity index (χ1n) is 9.00. The Morgan fingerprint density at radius 2 is 1.69 bits per heavy atom. The third kappa shape index (κ3) is 3.75. The van der Waals surface area contributed by atoms with E-state index in [-0.39, 0.29) is 28.7 Å². The molecule has 0 saturated heterocycles. The quantitative estimate of drug-likeness (QED) is 0.322. The molecule has 146 valence electrons. The van der Waals surface area contributed by atoms with Gasteiger partial charge in [-0.3, -0.25) is 4.79 Å². The van der Waals surface area contributed by atoms with Crippen LogP contribution in [0.2, 0.25) is 0 Å². The van der Waals surface area contributed by atoms with Crippen LogP contribution >= 0.6 is 0 Å². The zero-order valence-electron chi connectivity index (χ0n) is 15.7. The molecule has 29 heavy (non-hydrogen) atoms. The summed E-state index contributed by atoms with van der Waals surface area (Å²) >= 11 is 0. The number of fused-ring (bicyclic) bond motifs is 2. The highest BCUT2D eigenvalue weighted by Gasteiger charge is 2.17. The molecule has 4 rings (SSSR count). The van der Waals surface area contributed by atoms with Crippen molar-refractivity contribution in [2.24, 2.45) is 0 Å². The monoisotopic (exact) mass is 391 g/mol. The van der Waals surface area contributed by atoms with Gasteiger partial charge in [-0.25, -0.2) is 9.59 Å². The molecule has 0 spiro atoms. The molecule has 0 aliphatic carbocycles. The van der Waals surface area contributed by atoms with Crippen molar-refractivity contribution >= 4 is 33.8 Å². The molecule has 4 aromatic rings. The lowest BCUT2D eigenvalue weighted by Gasteiger charge is -2.08. The highest BCUT2D eigenvalue weighted by Crippen LogP contribution is 2.23. The molecule has 2 aromatic carbocycles. The van der Waals surface area contributed by atoms with Gasteiger partial charge < -0.3 is 18.9 Å². The number of esters is 1. The molecular formula is C22H17NO6. The van der Waals surface area contributed by atoms with Gasteiger partial charge in [-0.15, -0.1) is 0 Å². The van der Waals surface area contributed by atoms with Crippen LogP contribution < -0.4 is 15.7 Å². The second-order valence-corrected chi connectivity index (χ2v) is 6.81. The Labute approximate surface area is 164 Å². The second kappa shape index (κ2) is 7.27. The van der Waals surface area contributed by atoms with E-state index in [1.807, 2.05) is 18.2 Å². The minimum absolute atomic E-state index is 0.0634. The fourth-order valence-electron chi connectivity index (χ4n) is 2.89. The highest BCUT2D eigenvalue weighted by molar-refractivity contribution is 5.97. The van der Waals surface area contributed by atoms with E-state index in [1.54, 1.807) is 38.1 Å². The molecule has 0 fully saturated rings. The van der Waals surface area contributed by atoms with Crippen LogP contribution in [0, 0.1) is 0 Å². The summed E-state index contributed by atoms with van der Waals surface area (Å²) < 4.78 is 16.1. The van der Waals surface area contributed by atoms with Crippen molar-refractivity contribution in [3.63, 3.8) is 0 Å². The maximum Gasteiger partial charge on any atom is 0.379 e. The van der Waals surface area contributed by atoms with Gasteiger partial charge in [0.25, 0.3) is 5.91 Å². The Morgan fingerprint density at radius 3 is 2.45 bits per heavy atom. The number of para-hydroxylation sites is 1. The Bertz CT molecular complexity index is 1260. The van der Waals surface area contributed by atoms with Crippen molar-refractivity contribution in [2.45, 2.75) is 19.9 Å². The summed E-state index contributed by atoms with van der Waals surface area (Å²) in [6.07, 6.45) is 0. The van der Waals surface area contributed by atoms with Gasteiger partial charge in [0, 0.05) is 22.9 Å². The van der Waals surface area contributed by atoms with Gasteiger partial charge in [-0.05, 0) is 44.2 Å². The van der Waals surface area contributed by atoms with Crippen LogP contribution in [0.25, 0.3) is 21.9 Å². The summed E-state index contributed by atoms with van der Waals surface area (Å²) in [5.41, 5.74) is -0.0724. The molecule has 0 aliphatic rings. The molecule has 1 N–H and O–H groups in total. The van der Waals surface area contributed by atoms with Crippen LogP contribution in [-0.2, 0) is 0 Å². The van der Waals surface area contributed by atoms with Crippen LogP contribution in [0.15, 0.2) is 68.2 Å². The lowest BCUT2D eigenvalue weighted by Crippen LogP contribution is -2.33. The SMILES string of the molecule is CC(C)NC(=O)c1cc2ccc(OC(=O)c3cc4ccccc4o3)cc2oc1=O. The normalized spacial score (nSPS) is 11.1. The summed E-state index contributed by atoms with van der Waals surface area (Å²) in [6, 6.07) is 14.7. The zero-order valence-corrected chi connectivity index (χ0v) is 15.7. The van der Waals surface area contributed by atoms with E-state index in [0.717, 1.165) is 5.39 Å². The van der Waals surface area contributed by atoms with Crippen molar-refractivity contribution in [2.75, 3.05) is 0 Å². The maximum atomic E-state index is 12.4. The lowest BCUT2D eigenvalue weighted by atomic mass is 10.1. The van der Waals surface area contributed by atoms with Crippen molar-refractivity contribution in [3.05, 3.63) is 76.3 Å². The molecule has 0 saturated carbocycles. The van der Waals surface area contributed by atoms with Crippen molar-refractivity contribution in [3.8, 4) is 5.75 Å². The van der Waals surface area contributed by atoms with E-state index in [2.05, 4.69) is 5.32 Å². The van der Waals surface area contributed by atoms with Crippen LogP contribution in [-0.4, -0.2) is 17.9 Å². The zero-order chi connectivity index (χ0) is 20.5. The standard InChI is InChI=1S/C22H17NO6/c1-12(2)23-20(24)16-9-14-7-8-15(11-18(14)29-21(16)25)27-22(26)19-10-13-5-3-4-6-17(13)28-19/h3-12H,1-2H3,(H,23,24). The Kier molecular flexibility index (Phi) is 4.64. The first kappa shape index (κ1) is 18.5. The number of hydrogen-bond acceptors (Lipinski definition) is 6. The Balaban J connectivity index is 1.61. The van der Waals surface area contributed by atoms with Gasteiger partial charge in [0.15, 0.2) is 0 Å². The third-order valence-corrected chi connectivity index (χ3v) is 4.21. The molecule has 2 heterocycles. The molecule has 7 nitrogen and oxygen atoms in total. The first-order valence-corrected chi connectivity index (χ1v) is 9.00. The molecule has 0 unspecified atom stereocenters. The third-order valence-electron chi connectivity index (χ3n) is 4.21. The number of carbonyl (C=O) groups is 2. The first-order chi connectivity index (χ1) is 13.9. The lowest BCUT2D eigenvalue weighted by molar-refractivity contribution is 0.0704. The molecule has 7 heteroatoms. The minimum atomic E-state index is -0.767. The number of hydrogen-bond donors (Lipinski definition) is 1. The largest absolute Gasteiger partial charge is 0.449 e. The Morgan fingerprint density at radius 1 is 0.931 bits per heavy atom. The number of benzene rings is 2. The summed E-state index contributed by atoms with van der Waals surface area (Å²) in [6.45, 7) is 3.59. The van der Waals surface area contributed by atoms with Crippen LogP contribution in [0.4, 0.5) is 0 Å². The number of ether oxygens (including phenoxy) is 1. The van der Waals surface area contributed by atoms with Crippen LogP contribution in [0.5, 0.6) is 5.75 Å². The number of amides is 1. The van der Waals surface area contributed by atoms with Gasteiger partial charge in [-0.1, -0.05) is 18.2 Å². The fourth-order valence-corrected chi connectivity index (χ4v) is 2.89. The molecular weight excluding hydrogens is 374 g/mol. The van der Waals surface area contributed by atoms with E-state index in [0.29, 0.717) is 11.0 Å². The van der Waals surface area contributed by atoms with Crippen molar-refractivity contribution in [1.82, 2.24) is 5.32 Å². The van der Waals surface area contributed by atoms with Crippen molar-refractivity contribution in [1.29, 1.82) is 0 Å². The summed E-state index contributed by atoms with van der Waals surface area (Å²) in [5.74, 6) is -0.925. The van der Waals surface area contributed by atoms with E-state index >= 15 is 0 Å². The van der Waals surface area contributed by atoms with E-state index in [9.17, 15) is 14.4 Å². The summed E-state index contributed by atoms with van der Waals surface area (Å²) in [5, 5.41) is 3.97. The summed E-state index contributed by atoms with van der Waals surface area (Å²) in [4.78, 5) is 36.6. The average Bonchev–Trinajstić information content (AvgIpc) is 3.11. The average molecular weight is 391 g/mol. The van der Waals surface area contributed by atoms with Gasteiger partial charge in [0.2, 0.25) is 5.76 Å². The van der Waals surface area contributed by atoms with E-state index in [1.165, 1.54) is 12.1 Å². The molecule has 0 bridgehead atoms. The van der Waals surface area contributed by atoms with Crippen molar-refractivity contribution < 1.29 is 23.2 Å². The predicted octanol–water partition coefficient (Wildman–Crippen LogP) is 3.90. The molecule has 0 atom stereocenters. The van der Waals surface area contributed by atoms with Gasteiger partial charge in [0.05, 0.1) is 0 Å². The topological polar surface area (TPSA) is 98.8 Å². The maximum absolute atomic E-state index is 12.4. The van der Waals surface area contributed by atoms with Gasteiger partial charge in [0.1, 0.15) is 22.5 Å². The number of nitrogens with one attached hydrogen (secondary N) is 1. The Hall–Kier alpha value is -3.87.